The molecule has 0 bridgehead atoms. The molecule has 0 aliphatic heterocycles. The van der Waals surface area contributed by atoms with Gasteiger partial charge in [-0.25, -0.2) is 9.67 Å². The molecular formula is C11H11N3O2S. The number of hydrogen-bond acceptors (Lipinski definition) is 5. The van der Waals surface area contributed by atoms with Crippen LogP contribution in [0.3, 0.4) is 0 Å². The molecule has 0 unspecified atom stereocenters. The van der Waals surface area contributed by atoms with Gasteiger partial charge in [0.15, 0.2) is 10.9 Å². The largest absolute Gasteiger partial charge is 0.508 e. The molecule has 0 aliphatic carbocycles. The van der Waals surface area contributed by atoms with Crippen LogP contribution in [-0.2, 0) is 7.05 Å². The van der Waals surface area contributed by atoms with Crippen LogP contribution in [0.15, 0.2) is 35.7 Å². The number of aromatic nitrogens is 3. The Balaban J connectivity index is 1.98. The summed E-state index contributed by atoms with van der Waals surface area (Å²) in [7, 11) is 1.78. The van der Waals surface area contributed by atoms with Crippen molar-refractivity contribution in [3.63, 3.8) is 0 Å². The maximum absolute atomic E-state index is 11.8. The lowest BCUT2D eigenvalue weighted by molar-refractivity contribution is 0.102. The molecule has 5 nitrogen and oxygen atoms in total. The predicted molar refractivity (Wildman–Crippen MR) is 64.2 cm³/mol. The Kier molecular flexibility index (Phi) is 3.43. The Morgan fingerprint density at radius 3 is 2.71 bits per heavy atom. The van der Waals surface area contributed by atoms with E-state index in [1.807, 2.05) is 0 Å². The molecule has 0 saturated heterocycles. The minimum Gasteiger partial charge on any atom is -0.508 e. The van der Waals surface area contributed by atoms with Gasteiger partial charge in [0.25, 0.3) is 0 Å². The molecule has 17 heavy (non-hydrogen) atoms. The van der Waals surface area contributed by atoms with Gasteiger partial charge in [0.05, 0.1) is 5.75 Å². The van der Waals surface area contributed by atoms with Crippen molar-refractivity contribution in [3.8, 4) is 5.75 Å². The van der Waals surface area contributed by atoms with E-state index in [1.54, 1.807) is 23.9 Å². The minimum atomic E-state index is -0.00185. The summed E-state index contributed by atoms with van der Waals surface area (Å²) >= 11 is 1.34. The van der Waals surface area contributed by atoms with Gasteiger partial charge in [0.1, 0.15) is 12.1 Å². The lowest BCUT2D eigenvalue weighted by atomic mass is 10.1. The van der Waals surface area contributed by atoms with Gasteiger partial charge < -0.3 is 5.11 Å². The van der Waals surface area contributed by atoms with Crippen molar-refractivity contribution in [1.82, 2.24) is 14.8 Å². The zero-order valence-corrected chi connectivity index (χ0v) is 10.0. The van der Waals surface area contributed by atoms with Crippen LogP contribution in [0.1, 0.15) is 10.4 Å². The molecule has 1 heterocycles. The summed E-state index contributed by atoms with van der Waals surface area (Å²) in [5.41, 5.74) is 0.581. The smallest absolute Gasteiger partial charge is 0.186 e. The first-order chi connectivity index (χ1) is 8.16. The van der Waals surface area contributed by atoms with E-state index in [9.17, 15) is 4.79 Å². The lowest BCUT2D eigenvalue weighted by Gasteiger charge is -2.01. The third kappa shape index (κ3) is 2.85. The highest BCUT2D eigenvalue weighted by atomic mass is 32.2. The number of rotatable bonds is 4. The number of Topliss-reactive ketones (excluding diaryl/α,β-unsaturated/α-hetero) is 1. The van der Waals surface area contributed by atoms with Crippen molar-refractivity contribution >= 4 is 17.5 Å². The number of aromatic hydroxyl groups is 1. The molecule has 2 aromatic rings. The van der Waals surface area contributed by atoms with E-state index in [2.05, 4.69) is 10.1 Å². The van der Waals surface area contributed by atoms with Crippen molar-refractivity contribution < 1.29 is 9.90 Å². The number of ketones is 1. The molecule has 0 fully saturated rings. The summed E-state index contributed by atoms with van der Waals surface area (Å²) < 4.78 is 1.62. The van der Waals surface area contributed by atoms with E-state index in [-0.39, 0.29) is 11.5 Å². The first-order valence-corrected chi connectivity index (χ1v) is 5.94. The van der Waals surface area contributed by atoms with Crippen LogP contribution in [0.25, 0.3) is 0 Å². The quantitative estimate of drug-likeness (QED) is 0.657. The lowest BCUT2D eigenvalue weighted by Crippen LogP contribution is -2.03. The first-order valence-electron chi connectivity index (χ1n) is 4.96. The topological polar surface area (TPSA) is 68.0 Å². The van der Waals surface area contributed by atoms with E-state index in [1.165, 1.54) is 30.2 Å². The van der Waals surface area contributed by atoms with Gasteiger partial charge in [-0.05, 0) is 24.3 Å². The summed E-state index contributed by atoms with van der Waals surface area (Å²) in [6.07, 6.45) is 1.45. The summed E-state index contributed by atoms with van der Waals surface area (Å²) in [6.45, 7) is 0. The highest BCUT2D eigenvalue weighted by Gasteiger charge is 2.09. The Bertz CT molecular complexity index is 522. The van der Waals surface area contributed by atoms with Gasteiger partial charge in [0, 0.05) is 12.6 Å². The van der Waals surface area contributed by atoms with Gasteiger partial charge in [-0.15, -0.1) is 0 Å². The van der Waals surface area contributed by atoms with Gasteiger partial charge in [0.2, 0.25) is 0 Å². The fourth-order valence-corrected chi connectivity index (χ4v) is 2.06. The second kappa shape index (κ2) is 5.01. The first kappa shape index (κ1) is 11.7. The van der Waals surface area contributed by atoms with Crippen LogP contribution in [0.2, 0.25) is 0 Å². The van der Waals surface area contributed by atoms with Crippen molar-refractivity contribution in [3.05, 3.63) is 36.2 Å². The molecule has 1 aromatic carbocycles. The number of carbonyl (C=O) groups is 1. The van der Waals surface area contributed by atoms with Gasteiger partial charge in [-0.2, -0.15) is 5.10 Å². The number of thioether (sulfide) groups is 1. The second-order valence-electron chi connectivity index (χ2n) is 3.42. The Labute approximate surface area is 102 Å². The molecule has 6 heteroatoms. The zero-order chi connectivity index (χ0) is 12.3. The fraction of sp³-hybridized carbons (Fsp3) is 0.182. The van der Waals surface area contributed by atoms with Gasteiger partial charge in [-0.1, -0.05) is 11.8 Å². The van der Waals surface area contributed by atoms with Crippen LogP contribution < -0.4 is 0 Å². The number of phenolic OH excluding ortho intramolecular Hbond substituents is 1. The monoisotopic (exact) mass is 249 g/mol. The zero-order valence-electron chi connectivity index (χ0n) is 9.20. The van der Waals surface area contributed by atoms with Crippen molar-refractivity contribution in [2.45, 2.75) is 5.16 Å². The summed E-state index contributed by atoms with van der Waals surface area (Å²) in [6, 6.07) is 6.21. The SMILES string of the molecule is Cn1ncnc1SCC(=O)c1ccc(O)cc1. The maximum atomic E-state index is 11.8. The third-order valence-electron chi connectivity index (χ3n) is 2.19. The Morgan fingerprint density at radius 2 is 2.12 bits per heavy atom. The highest BCUT2D eigenvalue weighted by Crippen LogP contribution is 2.16. The standard InChI is InChI=1S/C11H11N3O2S/c1-14-11(12-7-13-14)17-6-10(16)8-2-4-9(15)5-3-8/h2-5,7,15H,6H2,1H3. The predicted octanol–water partition coefficient (Wildman–Crippen LogP) is 1.50. The van der Waals surface area contributed by atoms with Crippen LogP contribution in [0, 0.1) is 0 Å². The molecule has 0 amide bonds. The molecule has 0 aliphatic rings. The Morgan fingerprint density at radius 1 is 1.41 bits per heavy atom. The van der Waals surface area contributed by atoms with E-state index in [4.69, 9.17) is 5.11 Å². The molecule has 2 rings (SSSR count). The number of phenols is 1. The molecule has 88 valence electrons. The summed E-state index contributed by atoms with van der Waals surface area (Å²) in [5.74, 6) is 0.456. The fourth-order valence-electron chi connectivity index (χ4n) is 1.28. The van der Waals surface area contributed by atoms with Crippen LogP contribution in [-0.4, -0.2) is 31.4 Å². The van der Waals surface area contributed by atoms with Gasteiger partial charge >= 0.3 is 0 Å². The van der Waals surface area contributed by atoms with Crippen molar-refractivity contribution in [1.29, 1.82) is 0 Å². The van der Waals surface area contributed by atoms with E-state index >= 15 is 0 Å². The number of benzene rings is 1. The Hall–Kier alpha value is -1.82. The number of carbonyl (C=O) groups excluding carboxylic acids is 1. The second-order valence-corrected chi connectivity index (χ2v) is 4.37. The van der Waals surface area contributed by atoms with Crippen LogP contribution >= 0.6 is 11.8 Å². The van der Waals surface area contributed by atoms with Crippen LogP contribution in [0.5, 0.6) is 5.75 Å². The molecule has 0 saturated carbocycles. The third-order valence-corrected chi connectivity index (χ3v) is 3.23. The average Bonchev–Trinajstić information content (AvgIpc) is 2.73. The van der Waals surface area contributed by atoms with E-state index < -0.39 is 0 Å². The number of nitrogens with zero attached hydrogens (tertiary/aromatic N) is 3. The molecule has 1 N–H and O–H groups in total. The van der Waals surface area contributed by atoms with Crippen molar-refractivity contribution in [2.24, 2.45) is 7.05 Å². The van der Waals surface area contributed by atoms with Crippen LogP contribution in [0.4, 0.5) is 0 Å². The average molecular weight is 249 g/mol. The summed E-state index contributed by atoms with van der Waals surface area (Å²) in [5, 5.41) is 13.7. The molecule has 0 radical (unpaired) electrons. The molecule has 0 spiro atoms. The highest BCUT2D eigenvalue weighted by molar-refractivity contribution is 7.99. The maximum Gasteiger partial charge on any atom is 0.186 e. The normalized spacial score (nSPS) is 10.4. The molecule has 0 atom stereocenters. The van der Waals surface area contributed by atoms with Crippen molar-refractivity contribution in [2.75, 3.05) is 5.75 Å². The minimum absolute atomic E-state index is 0.00185. The molecular weight excluding hydrogens is 238 g/mol. The number of hydrogen-bond donors (Lipinski definition) is 1. The molecule has 1 aromatic heterocycles. The number of aryl methyl sites for hydroxylation is 1. The van der Waals surface area contributed by atoms with E-state index in [0.29, 0.717) is 16.5 Å². The summed E-state index contributed by atoms with van der Waals surface area (Å²) in [4.78, 5) is 15.8. The van der Waals surface area contributed by atoms with Gasteiger partial charge in [-0.3, -0.25) is 4.79 Å². The van der Waals surface area contributed by atoms with E-state index in [0.717, 1.165) is 0 Å².